The molecule has 0 aromatic heterocycles. The smallest absolute Gasteiger partial charge is 0.377 e. The van der Waals surface area contributed by atoms with E-state index in [1.807, 2.05) is 0 Å². The quantitative estimate of drug-likeness (QED) is 0.808. The van der Waals surface area contributed by atoms with Gasteiger partial charge in [0.2, 0.25) is 11.8 Å². The zero-order valence-electron chi connectivity index (χ0n) is 14.5. The molecule has 0 saturated carbocycles. The van der Waals surface area contributed by atoms with Crippen molar-refractivity contribution in [2.24, 2.45) is 0 Å². The molecule has 9 heteroatoms. The minimum Gasteiger partial charge on any atom is -0.377 e. The molecule has 0 aliphatic carbocycles. The number of anilines is 2. The van der Waals surface area contributed by atoms with Gasteiger partial charge in [-0.25, -0.2) is 0 Å². The Hall–Kier alpha value is -2.16. The van der Waals surface area contributed by atoms with E-state index < -0.39 is 22.9 Å². The van der Waals surface area contributed by atoms with Crippen molar-refractivity contribution >= 4 is 35.0 Å². The first-order valence-corrected chi connectivity index (χ1v) is 8.90. The van der Waals surface area contributed by atoms with Gasteiger partial charge in [-0.15, -0.1) is 11.8 Å². The van der Waals surface area contributed by atoms with Crippen LogP contribution in [0, 0.1) is 0 Å². The Morgan fingerprint density at radius 2 is 2.08 bits per heavy atom. The lowest BCUT2D eigenvalue weighted by Gasteiger charge is -2.31. The van der Waals surface area contributed by atoms with E-state index in [4.69, 9.17) is 0 Å². The van der Waals surface area contributed by atoms with Gasteiger partial charge in [0.1, 0.15) is 5.25 Å². The summed E-state index contributed by atoms with van der Waals surface area (Å²) in [5.41, 5.74) is -0.731. The van der Waals surface area contributed by atoms with Crippen molar-refractivity contribution in [2.45, 2.75) is 11.4 Å². The molecule has 0 bridgehead atoms. The molecule has 1 aromatic carbocycles. The van der Waals surface area contributed by atoms with E-state index in [1.165, 1.54) is 53.9 Å². The average molecular weight is 387 g/mol. The monoisotopic (exact) mass is 387 g/mol. The lowest BCUT2D eigenvalue weighted by Crippen LogP contribution is -2.45. The third kappa shape index (κ3) is 4.72. The Labute approximate surface area is 154 Å². The van der Waals surface area contributed by atoms with Gasteiger partial charge in [0.15, 0.2) is 0 Å². The summed E-state index contributed by atoms with van der Waals surface area (Å²) in [5, 5.41) is 1.98. The topological polar surface area (TPSA) is 52.7 Å². The van der Waals surface area contributed by atoms with E-state index in [-0.39, 0.29) is 23.8 Å². The minimum absolute atomic E-state index is 0.0188. The van der Waals surface area contributed by atoms with Crippen LogP contribution in [0.4, 0.5) is 24.5 Å². The number of hydrogen-bond donors (Lipinski definition) is 1. The molecule has 26 heavy (non-hydrogen) atoms. The van der Waals surface area contributed by atoms with E-state index in [9.17, 15) is 22.8 Å². The van der Waals surface area contributed by atoms with Crippen molar-refractivity contribution in [2.75, 3.05) is 43.2 Å². The maximum Gasteiger partial charge on any atom is 0.418 e. The average Bonchev–Trinajstić information content (AvgIpc) is 2.60. The normalized spacial score (nSPS) is 17.6. The highest BCUT2D eigenvalue weighted by atomic mass is 32.2. The van der Waals surface area contributed by atoms with Gasteiger partial charge in [0.05, 0.1) is 5.56 Å². The fraction of sp³-hybridized carbons (Fsp3) is 0.412. The first-order chi connectivity index (χ1) is 12.1. The Kier molecular flexibility index (Phi) is 6.22. The molecule has 1 aliphatic heterocycles. The highest BCUT2D eigenvalue weighted by Gasteiger charge is 2.35. The van der Waals surface area contributed by atoms with Crippen LogP contribution in [0.25, 0.3) is 0 Å². The van der Waals surface area contributed by atoms with Crippen molar-refractivity contribution < 1.29 is 22.8 Å². The van der Waals surface area contributed by atoms with Crippen LogP contribution in [-0.4, -0.2) is 54.9 Å². The van der Waals surface area contributed by atoms with Crippen molar-refractivity contribution in [3.63, 3.8) is 0 Å². The van der Waals surface area contributed by atoms with Crippen LogP contribution in [0.2, 0.25) is 0 Å². The first-order valence-electron chi connectivity index (χ1n) is 7.86. The van der Waals surface area contributed by atoms with E-state index in [0.717, 1.165) is 6.07 Å². The van der Waals surface area contributed by atoms with Gasteiger partial charge in [-0.3, -0.25) is 9.59 Å². The number of carbonyl (C=O) groups excluding carboxylic acids is 2. The first kappa shape index (κ1) is 20.2. The lowest BCUT2D eigenvalue weighted by atomic mass is 10.1. The predicted molar refractivity (Wildman–Crippen MR) is 97.4 cm³/mol. The summed E-state index contributed by atoms with van der Waals surface area (Å²) in [7, 11) is 3.04. The minimum atomic E-state index is -4.53. The van der Waals surface area contributed by atoms with Gasteiger partial charge < -0.3 is 15.1 Å². The van der Waals surface area contributed by atoms with Crippen molar-refractivity contribution in [1.29, 1.82) is 0 Å². The molecule has 1 heterocycles. The van der Waals surface area contributed by atoms with Gasteiger partial charge in [0.25, 0.3) is 0 Å². The number of nitrogens with one attached hydrogen (secondary N) is 1. The number of rotatable bonds is 4. The molecule has 5 nitrogen and oxygen atoms in total. The molecular formula is C17H20F3N3O2S. The number of benzene rings is 1. The second-order valence-electron chi connectivity index (χ2n) is 5.96. The maximum atomic E-state index is 13.3. The number of alkyl halides is 3. The van der Waals surface area contributed by atoms with Crippen molar-refractivity contribution in [3.8, 4) is 0 Å². The fourth-order valence-corrected chi connectivity index (χ4v) is 3.70. The standard InChI is InChI=1S/C17H20F3N3O2S/c1-4-15(24)23-7-8-26-14(10-23)16(25)21-11-5-6-13(22(2)3)12(9-11)17(18,19)20/h4-6,9,14H,1,7-8,10H2,2-3H3,(H,21,25). The molecule has 1 aliphatic rings. The zero-order valence-corrected chi connectivity index (χ0v) is 15.3. The summed E-state index contributed by atoms with van der Waals surface area (Å²) >= 11 is 1.37. The lowest BCUT2D eigenvalue weighted by molar-refractivity contribution is -0.137. The Morgan fingerprint density at radius 3 is 2.65 bits per heavy atom. The highest BCUT2D eigenvalue weighted by Crippen LogP contribution is 2.37. The molecule has 1 unspecified atom stereocenters. The molecule has 2 rings (SSSR count). The Bertz CT molecular complexity index is 707. The summed E-state index contributed by atoms with van der Waals surface area (Å²) in [6.45, 7) is 4.13. The molecule has 1 N–H and O–H groups in total. The van der Waals surface area contributed by atoms with Crippen molar-refractivity contribution in [1.82, 2.24) is 4.90 Å². The molecular weight excluding hydrogens is 367 g/mol. The molecule has 2 amide bonds. The number of carbonyl (C=O) groups is 2. The fourth-order valence-electron chi connectivity index (χ4n) is 2.59. The van der Waals surface area contributed by atoms with Crippen LogP contribution >= 0.6 is 11.8 Å². The summed E-state index contributed by atoms with van der Waals surface area (Å²) in [6.07, 6.45) is -3.35. The van der Waals surface area contributed by atoms with E-state index in [0.29, 0.717) is 12.3 Å². The summed E-state index contributed by atoms with van der Waals surface area (Å²) in [5.74, 6) is -0.120. The molecule has 0 spiro atoms. The van der Waals surface area contributed by atoms with Gasteiger partial charge in [-0.2, -0.15) is 13.2 Å². The van der Waals surface area contributed by atoms with Crippen LogP contribution in [0.5, 0.6) is 0 Å². The SMILES string of the molecule is C=CC(=O)N1CCSC(C(=O)Nc2ccc(N(C)C)c(C(F)(F)F)c2)C1. The van der Waals surface area contributed by atoms with Crippen LogP contribution in [0.1, 0.15) is 5.56 Å². The molecule has 1 atom stereocenters. The number of thioether (sulfide) groups is 1. The third-order valence-electron chi connectivity index (χ3n) is 3.90. The van der Waals surface area contributed by atoms with Gasteiger partial charge >= 0.3 is 6.18 Å². The predicted octanol–water partition coefficient (Wildman–Crippen LogP) is 2.84. The number of nitrogens with zero attached hydrogens (tertiary/aromatic N) is 2. The van der Waals surface area contributed by atoms with Crippen LogP contribution in [-0.2, 0) is 15.8 Å². The zero-order chi connectivity index (χ0) is 19.5. The van der Waals surface area contributed by atoms with E-state index in [1.54, 1.807) is 0 Å². The summed E-state index contributed by atoms with van der Waals surface area (Å²) < 4.78 is 39.8. The number of hydrogen-bond acceptors (Lipinski definition) is 4. The van der Waals surface area contributed by atoms with Gasteiger partial charge in [0, 0.05) is 44.3 Å². The summed E-state index contributed by atoms with van der Waals surface area (Å²) in [4.78, 5) is 27.0. The van der Waals surface area contributed by atoms with Crippen LogP contribution in [0.15, 0.2) is 30.9 Å². The second-order valence-corrected chi connectivity index (χ2v) is 7.27. The van der Waals surface area contributed by atoms with E-state index >= 15 is 0 Å². The van der Waals surface area contributed by atoms with Gasteiger partial charge in [-0.05, 0) is 24.3 Å². The van der Waals surface area contributed by atoms with Crippen LogP contribution < -0.4 is 10.2 Å². The third-order valence-corrected chi connectivity index (χ3v) is 5.08. The molecule has 1 aromatic rings. The van der Waals surface area contributed by atoms with Crippen LogP contribution in [0.3, 0.4) is 0 Å². The Morgan fingerprint density at radius 1 is 1.38 bits per heavy atom. The maximum absolute atomic E-state index is 13.3. The van der Waals surface area contributed by atoms with Gasteiger partial charge in [-0.1, -0.05) is 6.58 Å². The molecule has 142 valence electrons. The Balaban J connectivity index is 2.16. The summed E-state index contributed by atoms with van der Waals surface area (Å²) in [6, 6.07) is 3.68. The van der Waals surface area contributed by atoms with Crippen molar-refractivity contribution in [3.05, 3.63) is 36.4 Å². The van der Waals surface area contributed by atoms with E-state index in [2.05, 4.69) is 11.9 Å². The molecule has 1 saturated heterocycles. The number of amides is 2. The molecule has 1 fully saturated rings. The molecule has 0 radical (unpaired) electrons. The largest absolute Gasteiger partial charge is 0.418 e. The highest BCUT2D eigenvalue weighted by molar-refractivity contribution is 8.00. The second kappa shape index (κ2) is 8.03. The number of halogens is 3.